The third-order valence-electron chi connectivity index (χ3n) is 11.5. The molecule has 0 saturated heterocycles. The summed E-state index contributed by atoms with van der Waals surface area (Å²) in [5.41, 5.74) is 14.3. The van der Waals surface area contributed by atoms with Crippen LogP contribution in [0.1, 0.15) is 266 Å². The average Bonchev–Trinajstić information content (AvgIpc) is 3.94. The molecule has 0 spiro atoms. The first kappa shape index (κ1) is 57.0. The normalized spacial score (nSPS) is 11.7. The lowest BCUT2D eigenvalue weighted by atomic mass is 10.0. The fourth-order valence-corrected chi connectivity index (χ4v) is 8.74. The number of aryl methyl sites for hydroxylation is 4. The van der Waals surface area contributed by atoms with Crippen molar-refractivity contribution < 1.29 is 4.68 Å². The van der Waals surface area contributed by atoms with Crippen LogP contribution in [0.5, 0.6) is 0 Å². The van der Waals surface area contributed by atoms with Gasteiger partial charge in [-0.2, -0.15) is 15.3 Å². The minimum Gasteiger partial charge on any atom is -0.330 e. The second-order valence-corrected chi connectivity index (χ2v) is 20.5. The van der Waals surface area contributed by atoms with E-state index in [9.17, 15) is 0 Å². The molecule has 0 amide bonds. The monoisotopic (exact) mass is 875 g/mol. The number of nitrogens with zero attached hydrogens (tertiary/aromatic N) is 11. The first-order valence-electron chi connectivity index (χ1n) is 24.1. The van der Waals surface area contributed by atoms with E-state index in [2.05, 4.69) is 237 Å². The van der Waals surface area contributed by atoms with Crippen LogP contribution in [0.4, 0.5) is 0 Å². The highest BCUT2D eigenvalue weighted by molar-refractivity contribution is 5.28. The van der Waals surface area contributed by atoms with Gasteiger partial charge in [0.1, 0.15) is 18.9 Å². The molecule has 0 aliphatic carbocycles. The van der Waals surface area contributed by atoms with Crippen molar-refractivity contribution in [3.63, 3.8) is 0 Å². The first-order chi connectivity index (χ1) is 28.9. The van der Waals surface area contributed by atoms with E-state index < -0.39 is 0 Å². The zero-order chi connectivity index (χ0) is 49.1. The molecule has 0 aromatic carbocycles. The maximum Gasteiger partial charge on any atom is 0.172 e. The van der Waals surface area contributed by atoms with Gasteiger partial charge in [-0.05, 0) is 151 Å². The Morgan fingerprint density at radius 3 is 1.21 bits per heavy atom. The molecule has 5 aromatic heterocycles. The summed E-state index contributed by atoms with van der Waals surface area (Å²) in [5, 5.41) is 17.8. The molecule has 0 saturated carbocycles. The summed E-state index contributed by atoms with van der Waals surface area (Å²) in [6.07, 6.45) is 4.14. The highest BCUT2D eigenvalue weighted by Crippen LogP contribution is 2.26. The van der Waals surface area contributed by atoms with E-state index in [1.54, 1.807) is 0 Å². The van der Waals surface area contributed by atoms with Crippen molar-refractivity contribution in [2.24, 2.45) is 7.05 Å². The van der Waals surface area contributed by atoms with Gasteiger partial charge in [-0.25, -0.2) is 4.98 Å². The molecule has 11 nitrogen and oxygen atoms in total. The van der Waals surface area contributed by atoms with Crippen molar-refractivity contribution in [3.05, 3.63) is 80.5 Å². The van der Waals surface area contributed by atoms with Gasteiger partial charge in [0.15, 0.2) is 11.4 Å². The van der Waals surface area contributed by atoms with E-state index in [1.807, 2.05) is 22.6 Å². The standard InChI is InChI=1S/2C11H20N2.C10H20N3.2C10H18N2/c1-7(2)11-9(5)13(8(3)4)10(6)12-11;1-7(2)11-9(5)12-13(8(3)4)10(11)6;1-7(2)10-9(5)13(8(3)4)11-12(10)6;1-7(2)10-6-12(8(3)4)11-9(10)5;1-7(2)10-6-11-12(8(3)4)9(10)5/h3*7-8H,1-6H3;2*6-8H,1-5H3/q;;+1;;. The molecule has 0 aliphatic rings. The molecular weight excluding hydrogens is 779 g/mol. The van der Waals surface area contributed by atoms with Gasteiger partial charge in [0.2, 0.25) is 0 Å². The fraction of sp³-hybridized carbons (Fsp3) is 0.731. The molecule has 5 rings (SSSR count). The highest BCUT2D eigenvalue weighted by Gasteiger charge is 2.24. The van der Waals surface area contributed by atoms with Gasteiger partial charge in [-0.1, -0.05) is 69.2 Å². The third-order valence-corrected chi connectivity index (χ3v) is 11.5. The van der Waals surface area contributed by atoms with Crippen molar-refractivity contribution in [1.29, 1.82) is 0 Å². The van der Waals surface area contributed by atoms with Crippen LogP contribution >= 0.6 is 0 Å². The van der Waals surface area contributed by atoms with Crippen LogP contribution in [0.25, 0.3) is 0 Å². The maximum atomic E-state index is 4.59. The van der Waals surface area contributed by atoms with Gasteiger partial charge in [-0.15, -0.1) is 9.36 Å². The predicted molar refractivity (Wildman–Crippen MR) is 268 cm³/mol. The topological polar surface area (TPSA) is 93.0 Å². The van der Waals surface area contributed by atoms with E-state index in [0.717, 1.165) is 5.82 Å². The molecule has 0 fully saturated rings. The summed E-state index contributed by atoms with van der Waals surface area (Å²) in [4.78, 5) is 4.59. The smallest absolute Gasteiger partial charge is 0.172 e. The first-order valence-corrected chi connectivity index (χ1v) is 24.1. The molecule has 0 bridgehead atoms. The van der Waals surface area contributed by atoms with Crippen molar-refractivity contribution in [2.45, 2.75) is 247 Å². The SMILES string of the molecule is Cc1c(C(C)C)[n+](C)nn1C(C)C.Cc1c(C(C)C)cnn1C(C)C.Cc1nc(C(C)C)c(C)n1C(C)C.Cc1nn(C(C)C)c(C)c1C(C)C.Cc1nn(C(C)C)cc1C(C)C. The number of hydrogen-bond donors (Lipinski definition) is 0. The Balaban J connectivity index is 0.000000394. The van der Waals surface area contributed by atoms with Gasteiger partial charge in [0, 0.05) is 60.3 Å². The number of rotatable bonds is 10. The van der Waals surface area contributed by atoms with E-state index in [1.165, 1.54) is 62.2 Å². The lowest BCUT2D eigenvalue weighted by molar-refractivity contribution is -0.740. The van der Waals surface area contributed by atoms with Crippen LogP contribution < -0.4 is 4.68 Å². The Bertz CT molecular complexity index is 1920. The molecule has 5 heterocycles. The lowest BCUT2D eigenvalue weighted by Crippen LogP contribution is -2.36. The molecule has 11 heteroatoms. The van der Waals surface area contributed by atoms with Crippen molar-refractivity contribution >= 4 is 0 Å². The minimum absolute atomic E-state index is 0.443. The van der Waals surface area contributed by atoms with E-state index >= 15 is 0 Å². The quantitative estimate of drug-likeness (QED) is 0.130. The summed E-state index contributed by atoms with van der Waals surface area (Å²) in [5.74, 6) is 3.94. The predicted octanol–water partition coefficient (Wildman–Crippen LogP) is 13.9. The molecule has 0 aliphatic heterocycles. The van der Waals surface area contributed by atoms with Gasteiger partial charge in [0.25, 0.3) is 0 Å². The molecule has 0 N–H and O–H groups in total. The Morgan fingerprint density at radius 2 is 0.968 bits per heavy atom. The van der Waals surface area contributed by atoms with Gasteiger partial charge >= 0.3 is 0 Å². The van der Waals surface area contributed by atoms with Crippen LogP contribution in [0.3, 0.4) is 0 Å². The summed E-state index contributed by atoms with van der Waals surface area (Å²) < 4.78 is 12.6. The Kier molecular flexibility index (Phi) is 22.5. The Labute approximate surface area is 386 Å². The van der Waals surface area contributed by atoms with E-state index in [4.69, 9.17) is 0 Å². The molecule has 5 aromatic rings. The van der Waals surface area contributed by atoms with Crippen molar-refractivity contribution in [1.82, 2.24) is 48.8 Å². The minimum atomic E-state index is 0.443. The Morgan fingerprint density at radius 1 is 0.460 bits per heavy atom. The van der Waals surface area contributed by atoms with Crippen molar-refractivity contribution in [2.75, 3.05) is 0 Å². The fourth-order valence-electron chi connectivity index (χ4n) is 8.74. The summed E-state index contributed by atoms with van der Waals surface area (Å²) in [6.45, 7) is 58.6. The zero-order valence-corrected chi connectivity index (χ0v) is 45.8. The zero-order valence-electron chi connectivity index (χ0n) is 45.8. The van der Waals surface area contributed by atoms with Crippen LogP contribution in [0.2, 0.25) is 0 Å². The van der Waals surface area contributed by atoms with Gasteiger partial charge in [0.05, 0.1) is 28.5 Å². The second-order valence-electron chi connectivity index (χ2n) is 20.5. The molecule has 0 radical (unpaired) electrons. The number of imidazole rings is 1. The van der Waals surface area contributed by atoms with Crippen LogP contribution in [-0.4, -0.2) is 48.8 Å². The Hall–Kier alpha value is -4.02. The molecule has 0 atom stereocenters. The lowest BCUT2D eigenvalue weighted by Gasteiger charge is -2.12. The molecule has 0 unspecified atom stereocenters. The van der Waals surface area contributed by atoms with Gasteiger partial charge in [-0.3, -0.25) is 14.0 Å². The average molecular weight is 875 g/mol. The summed E-state index contributed by atoms with van der Waals surface area (Å²) >= 11 is 0. The van der Waals surface area contributed by atoms with Crippen LogP contribution in [-0.2, 0) is 7.05 Å². The largest absolute Gasteiger partial charge is 0.330 e. The van der Waals surface area contributed by atoms with Gasteiger partial charge < -0.3 is 4.57 Å². The number of aromatic nitrogens is 11. The number of hydrogen-bond acceptors (Lipinski definition) is 5. The van der Waals surface area contributed by atoms with Crippen LogP contribution in [0, 0.1) is 48.5 Å². The third kappa shape index (κ3) is 15.3. The highest BCUT2D eigenvalue weighted by atomic mass is 15.5. The van der Waals surface area contributed by atoms with Crippen LogP contribution in [0.15, 0.2) is 12.4 Å². The summed E-state index contributed by atoms with van der Waals surface area (Å²) in [7, 11) is 2.02. The summed E-state index contributed by atoms with van der Waals surface area (Å²) in [6, 6.07) is 2.36. The van der Waals surface area contributed by atoms with E-state index in [0.29, 0.717) is 59.8 Å². The maximum absolute atomic E-state index is 4.59. The second kappa shape index (κ2) is 24.9. The van der Waals surface area contributed by atoms with E-state index in [-0.39, 0.29) is 0 Å². The van der Waals surface area contributed by atoms with Crippen molar-refractivity contribution in [3.8, 4) is 0 Å². The molecule has 63 heavy (non-hydrogen) atoms. The molecular formula is C52H96N11+. The molecule has 358 valence electrons.